The summed E-state index contributed by atoms with van der Waals surface area (Å²) in [4.78, 5) is 54.5. The van der Waals surface area contributed by atoms with E-state index < -0.39 is 23.8 Å². The number of nitrogens with zero attached hydrogens (tertiary/aromatic N) is 2. The summed E-state index contributed by atoms with van der Waals surface area (Å²) in [5, 5.41) is 0. The molecule has 0 unspecified atom stereocenters. The molecular weight excluding hydrogens is 408 g/mol. The number of likely N-dealkylation sites (tertiary alicyclic amines) is 1. The minimum atomic E-state index is -1.08. The van der Waals surface area contributed by atoms with E-state index in [9.17, 15) is 19.2 Å². The van der Waals surface area contributed by atoms with Crippen LogP contribution in [0, 0.1) is 16.7 Å². The lowest BCUT2D eigenvalue weighted by Crippen LogP contribution is -2.49. The smallest absolute Gasteiger partial charge is 0.330 e. The van der Waals surface area contributed by atoms with Gasteiger partial charge in [-0.3, -0.25) is 19.3 Å². The summed E-state index contributed by atoms with van der Waals surface area (Å²) in [6.45, 7) is 10.5. The second-order valence-corrected chi connectivity index (χ2v) is 11.1. The molecule has 1 saturated heterocycles. The van der Waals surface area contributed by atoms with E-state index in [1.165, 1.54) is 0 Å². The van der Waals surface area contributed by atoms with E-state index in [2.05, 4.69) is 20.8 Å². The Bertz CT molecular complexity index is 949. The summed E-state index contributed by atoms with van der Waals surface area (Å²) in [5.74, 6) is -2.30. The molecule has 172 valence electrons. The summed E-state index contributed by atoms with van der Waals surface area (Å²) >= 11 is 0. The van der Waals surface area contributed by atoms with Gasteiger partial charge in [0.25, 0.3) is 17.7 Å². The van der Waals surface area contributed by atoms with Gasteiger partial charge < -0.3 is 9.64 Å². The molecule has 1 aliphatic carbocycles. The van der Waals surface area contributed by atoms with Crippen LogP contribution < -0.4 is 0 Å². The quantitative estimate of drug-likeness (QED) is 0.518. The molecule has 1 saturated carbocycles. The van der Waals surface area contributed by atoms with Gasteiger partial charge in [-0.05, 0) is 48.1 Å². The second kappa shape index (κ2) is 7.71. The maximum absolute atomic E-state index is 13.0. The third-order valence-electron chi connectivity index (χ3n) is 7.05. The number of rotatable bonds is 5. The number of ether oxygens (including phenoxy) is 1. The molecule has 7 nitrogen and oxygen atoms in total. The van der Waals surface area contributed by atoms with E-state index in [4.69, 9.17) is 4.74 Å². The SMILES string of the molecule is CC(C)[C@H](C(=O)OCC(=O)N1C[C@@]2(C)C[C@H]1CC(C)(C)C2)N1C(=O)c2ccccc2C1=O. The van der Waals surface area contributed by atoms with Crippen molar-refractivity contribution in [2.45, 2.75) is 66.0 Å². The van der Waals surface area contributed by atoms with Gasteiger partial charge in [0.15, 0.2) is 6.61 Å². The fourth-order valence-corrected chi connectivity index (χ4v) is 6.19. The van der Waals surface area contributed by atoms with Gasteiger partial charge >= 0.3 is 5.97 Å². The Morgan fingerprint density at radius 1 is 1.06 bits per heavy atom. The molecule has 2 heterocycles. The Morgan fingerprint density at radius 3 is 2.22 bits per heavy atom. The predicted molar refractivity (Wildman–Crippen MR) is 118 cm³/mol. The second-order valence-electron chi connectivity index (χ2n) is 11.1. The molecule has 0 aromatic heterocycles. The van der Waals surface area contributed by atoms with Crippen LogP contribution in [0.15, 0.2) is 24.3 Å². The minimum Gasteiger partial charge on any atom is -0.454 e. The lowest BCUT2D eigenvalue weighted by atomic mass is 9.65. The van der Waals surface area contributed by atoms with Crippen molar-refractivity contribution in [3.05, 3.63) is 35.4 Å². The molecule has 2 fully saturated rings. The summed E-state index contributed by atoms with van der Waals surface area (Å²) in [5.41, 5.74) is 0.837. The van der Waals surface area contributed by atoms with Crippen LogP contribution in [-0.2, 0) is 14.3 Å². The normalized spacial score (nSPS) is 27.0. The molecule has 4 rings (SSSR count). The van der Waals surface area contributed by atoms with Gasteiger partial charge in [-0.25, -0.2) is 4.79 Å². The molecule has 3 amide bonds. The lowest BCUT2D eigenvalue weighted by Gasteiger charge is -2.39. The van der Waals surface area contributed by atoms with Crippen LogP contribution in [0.2, 0.25) is 0 Å². The van der Waals surface area contributed by atoms with Crippen LogP contribution >= 0.6 is 0 Å². The highest BCUT2D eigenvalue weighted by molar-refractivity contribution is 6.22. The summed E-state index contributed by atoms with van der Waals surface area (Å²) in [6, 6.07) is 5.60. The summed E-state index contributed by atoms with van der Waals surface area (Å²) < 4.78 is 5.40. The van der Waals surface area contributed by atoms with Crippen LogP contribution in [0.4, 0.5) is 0 Å². The van der Waals surface area contributed by atoms with Gasteiger partial charge in [0.1, 0.15) is 6.04 Å². The number of amides is 3. The fraction of sp³-hybridized carbons (Fsp3) is 0.600. The van der Waals surface area contributed by atoms with E-state index in [0.29, 0.717) is 6.54 Å². The molecule has 2 aliphatic heterocycles. The molecule has 1 aromatic carbocycles. The van der Waals surface area contributed by atoms with Crippen molar-refractivity contribution in [2.24, 2.45) is 16.7 Å². The van der Waals surface area contributed by atoms with Gasteiger partial charge in [0, 0.05) is 12.6 Å². The molecule has 0 radical (unpaired) electrons. The van der Waals surface area contributed by atoms with Crippen molar-refractivity contribution in [3.8, 4) is 0 Å². The average molecular weight is 441 g/mol. The zero-order chi connectivity index (χ0) is 23.4. The van der Waals surface area contributed by atoms with E-state index in [-0.39, 0.29) is 46.4 Å². The lowest BCUT2D eigenvalue weighted by molar-refractivity contribution is -0.156. The first-order valence-electron chi connectivity index (χ1n) is 11.4. The van der Waals surface area contributed by atoms with Gasteiger partial charge in [-0.1, -0.05) is 46.8 Å². The summed E-state index contributed by atoms with van der Waals surface area (Å²) in [7, 11) is 0. The zero-order valence-corrected chi connectivity index (χ0v) is 19.5. The number of benzene rings is 1. The topological polar surface area (TPSA) is 84.0 Å². The number of esters is 1. The van der Waals surface area contributed by atoms with Gasteiger partial charge in [0.05, 0.1) is 11.1 Å². The van der Waals surface area contributed by atoms with Crippen molar-refractivity contribution in [2.75, 3.05) is 13.2 Å². The summed E-state index contributed by atoms with van der Waals surface area (Å²) in [6.07, 6.45) is 2.97. The fourth-order valence-electron chi connectivity index (χ4n) is 6.19. The van der Waals surface area contributed by atoms with Gasteiger partial charge in [-0.15, -0.1) is 0 Å². The zero-order valence-electron chi connectivity index (χ0n) is 19.5. The Balaban J connectivity index is 1.44. The van der Waals surface area contributed by atoms with Gasteiger partial charge in [-0.2, -0.15) is 0 Å². The molecule has 3 aliphatic rings. The van der Waals surface area contributed by atoms with Crippen LogP contribution in [-0.4, -0.2) is 58.7 Å². The minimum absolute atomic E-state index is 0.0900. The third kappa shape index (κ3) is 3.82. The molecule has 0 spiro atoms. The van der Waals surface area contributed by atoms with E-state index in [1.807, 2.05) is 4.90 Å². The Hall–Kier alpha value is -2.70. The number of hydrogen-bond donors (Lipinski definition) is 0. The molecule has 7 heteroatoms. The van der Waals surface area contributed by atoms with Crippen LogP contribution in [0.1, 0.15) is 74.6 Å². The van der Waals surface area contributed by atoms with Crippen molar-refractivity contribution < 1.29 is 23.9 Å². The Kier molecular flexibility index (Phi) is 5.42. The highest BCUT2D eigenvalue weighted by Gasteiger charge is 2.51. The maximum Gasteiger partial charge on any atom is 0.330 e. The number of fused-ring (bicyclic) bond motifs is 3. The first-order valence-corrected chi connectivity index (χ1v) is 11.4. The average Bonchev–Trinajstić information content (AvgIpc) is 3.10. The van der Waals surface area contributed by atoms with Crippen molar-refractivity contribution >= 4 is 23.7 Å². The van der Waals surface area contributed by atoms with Crippen molar-refractivity contribution in [3.63, 3.8) is 0 Å². The first kappa shape index (κ1) is 22.5. The van der Waals surface area contributed by atoms with E-state index in [0.717, 1.165) is 24.2 Å². The third-order valence-corrected chi connectivity index (χ3v) is 7.05. The molecule has 3 atom stereocenters. The van der Waals surface area contributed by atoms with Crippen molar-refractivity contribution in [1.82, 2.24) is 9.80 Å². The van der Waals surface area contributed by atoms with Crippen LogP contribution in [0.3, 0.4) is 0 Å². The van der Waals surface area contributed by atoms with Crippen molar-refractivity contribution in [1.29, 1.82) is 0 Å². The highest BCUT2D eigenvalue weighted by Crippen LogP contribution is 2.52. The molecule has 0 N–H and O–H groups in total. The number of imide groups is 1. The monoisotopic (exact) mass is 440 g/mol. The Morgan fingerprint density at radius 2 is 1.66 bits per heavy atom. The van der Waals surface area contributed by atoms with E-state index in [1.54, 1.807) is 38.1 Å². The van der Waals surface area contributed by atoms with E-state index >= 15 is 0 Å². The molecule has 2 bridgehead atoms. The van der Waals surface area contributed by atoms with Crippen LogP contribution in [0.5, 0.6) is 0 Å². The van der Waals surface area contributed by atoms with Gasteiger partial charge in [0.2, 0.25) is 0 Å². The standard InChI is InChI=1S/C25H32N2O5/c1-15(2)20(27-21(29)17-8-6-7-9-18(17)22(27)30)23(31)32-12-19(28)26-14-25(5)11-16(26)10-24(3,4)13-25/h6-9,15-16,20H,10-14H2,1-5H3/t16-,20-,25+/m1/s1. The highest BCUT2D eigenvalue weighted by atomic mass is 16.5. The number of hydrogen-bond acceptors (Lipinski definition) is 5. The number of carbonyl (C=O) groups excluding carboxylic acids is 4. The number of carbonyl (C=O) groups is 4. The molecule has 1 aromatic rings. The first-order chi connectivity index (χ1) is 14.9. The largest absolute Gasteiger partial charge is 0.454 e. The Labute approximate surface area is 189 Å². The molecular formula is C25H32N2O5. The molecule has 32 heavy (non-hydrogen) atoms. The maximum atomic E-state index is 13.0. The predicted octanol–water partition coefficient (Wildman–Crippen LogP) is 3.28. The van der Waals surface area contributed by atoms with Crippen LogP contribution in [0.25, 0.3) is 0 Å².